The first-order valence-electron chi connectivity index (χ1n) is 5.87. The van der Waals surface area contributed by atoms with Crippen molar-refractivity contribution in [2.75, 3.05) is 0 Å². The van der Waals surface area contributed by atoms with E-state index in [-0.39, 0.29) is 11.7 Å². The lowest BCUT2D eigenvalue weighted by molar-refractivity contribution is 0.158. The van der Waals surface area contributed by atoms with Gasteiger partial charge in [-0.3, -0.25) is 0 Å². The fourth-order valence-electron chi connectivity index (χ4n) is 2.05. The Morgan fingerprint density at radius 1 is 0.944 bits per heavy atom. The normalized spacial score (nSPS) is 13.8. The number of hydrogen-bond acceptors (Lipinski definition) is 2. The Balaban J connectivity index is 2.35. The summed E-state index contributed by atoms with van der Waals surface area (Å²) >= 11 is 0. The zero-order valence-corrected chi connectivity index (χ0v) is 10.0. The second-order valence-electron chi connectivity index (χ2n) is 4.18. The standard InChI is InChI=1S/C16H16O2/c1-2-13(12-8-4-3-5-9-12)16(18)14-10-6-7-11-15(14)17/h2-11,13,16-18H,1H2. The molecular weight excluding hydrogens is 224 g/mol. The van der Waals surface area contributed by atoms with Gasteiger partial charge in [0, 0.05) is 11.5 Å². The molecule has 18 heavy (non-hydrogen) atoms. The number of benzene rings is 2. The molecule has 2 atom stereocenters. The lowest BCUT2D eigenvalue weighted by Crippen LogP contribution is -2.08. The molecular formula is C16H16O2. The van der Waals surface area contributed by atoms with E-state index in [0.29, 0.717) is 5.56 Å². The number of aliphatic hydroxyl groups excluding tert-OH is 1. The molecule has 2 aromatic rings. The lowest BCUT2D eigenvalue weighted by Gasteiger charge is -2.21. The number of hydrogen-bond donors (Lipinski definition) is 2. The molecule has 0 fully saturated rings. The first-order chi connectivity index (χ1) is 8.74. The Bertz CT molecular complexity index is 520. The van der Waals surface area contributed by atoms with Gasteiger partial charge in [-0.1, -0.05) is 54.6 Å². The van der Waals surface area contributed by atoms with Gasteiger partial charge in [-0.2, -0.15) is 0 Å². The quantitative estimate of drug-likeness (QED) is 0.804. The van der Waals surface area contributed by atoms with Crippen LogP contribution in [0.5, 0.6) is 5.75 Å². The Kier molecular flexibility index (Phi) is 3.80. The van der Waals surface area contributed by atoms with E-state index in [1.807, 2.05) is 30.3 Å². The first-order valence-corrected chi connectivity index (χ1v) is 5.87. The molecule has 0 bridgehead atoms. The summed E-state index contributed by atoms with van der Waals surface area (Å²) in [7, 11) is 0. The summed E-state index contributed by atoms with van der Waals surface area (Å²) in [4.78, 5) is 0. The average molecular weight is 240 g/mol. The Morgan fingerprint density at radius 2 is 1.56 bits per heavy atom. The molecule has 0 saturated carbocycles. The van der Waals surface area contributed by atoms with Crippen LogP contribution in [0.3, 0.4) is 0 Å². The van der Waals surface area contributed by atoms with Crippen LogP contribution in [-0.4, -0.2) is 10.2 Å². The number of rotatable bonds is 4. The molecule has 0 heterocycles. The summed E-state index contributed by atoms with van der Waals surface area (Å²) in [6, 6.07) is 16.5. The van der Waals surface area contributed by atoms with E-state index in [4.69, 9.17) is 0 Å². The SMILES string of the molecule is C=CC(c1ccccc1)C(O)c1ccccc1O. The number of aliphatic hydroxyl groups is 1. The van der Waals surface area contributed by atoms with Gasteiger partial charge in [-0.05, 0) is 11.6 Å². The second kappa shape index (κ2) is 5.52. The molecule has 0 saturated heterocycles. The highest BCUT2D eigenvalue weighted by molar-refractivity contribution is 5.37. The molecule has 0 aliphatic rings. The summed E-state index contributed by atoms with van der Waals surface area (Å²) in [6.45, 7) is 3.77. The maximum atomic E-state index is 10.4. The van der Waals surface area contributed by atoms with Gasteiger partial charge in [-0.25, -0.2) is 0 Å². The maximum absolute atomic E-state index is 10.4. The molecule has 0 aromatic heterocycles. The largest absolute Gasteiger partial charge is 0.508 e. The fraction of sp³-hybridized carbons (Fsp3) is 0.125. The van der Waals surface area contributed by atoms with Gasteiger partial charge in [0.1, 0.15) is 5.75 Å². The van der Waals surface area contributed by atoms with Crippen molar-refractivity contribution in [1.82, 2.24) is 0 Å². The molecule has 0 spiro atoms. The lowest BCUT2D eigenvalue weighted by atomic mass is 9.89. The van der Waals surface area contributed by atoms with E-state index in [2.05, 4.69) is 6.58 Å². The van der Waals surface area contributed by atoms with Crippen LogP contribution in [0.25, 0.3) is 0 Å². The zero-order chi connectivity index (χ0) is 13.0. The van der Waals surface area contributed by atoms with Crippen molar-refractivity contribution in [3.63, 3.8) is 0 Å². The van der Waals surface area contributed by atoms with Crippen LogP contribution in [0, 0.1) is 0 Å². The molecule has 2 rings (SSSR count). The third-order valence-electron chi connectivity index (χ3n) is 3.03. The topological polar surface area (TPSA) is 40.5 Å². The molecule has 2 aromatic carbocycles. The predicted molar refractivity (Wildman–Crippen MR) is 72.4 cm³/mol. The minimum Gasteiger partial charge on any atom is -0.508 e. The van der Waals surface area contributed by atoms with Gasteiger partial charge < -0.3 is 10.2 Å². The molecule has 2 unspecified atom stereocenters. The third kappa shape index (κ3) is 2.44. The average Bonchev–Trinajstić information content (AvgIpc) is 2.41. The fourth-order valence-corrected chi connectivity index (χ4v) is 2.05. The minimum atomic E-state index is -0.800. The summed E-state index contributed by atoms with van der Waals surface area (Å²) in [5.41, 5.74) is 1.49. The van der Waals surface area contributed by atoms with Crippen LogP contribution >= 0.6 is 0 Å². The van der Waals surface area contributed by atoms with Crippen LogP contribution in [0.1, 0.15) is 23.1 Å². The summed E-state index contributed by atoms with van der Waals surface area (Å²) in [5, 5.41) is 20.2. The van der Waals surface area contributed by atoms with E-state index in [0.717, 1.165) is 5.56 Å². The molecule has 2 heteroatoms. The van der Waals surface area contributed by atoms with Crippen molar-refractivity contribution >= 4 is 0 Å². The van der Waals surface area contributed by atoms with Gasteiger partial charge in [0.25, 0.3) is 0 Å². The monoisotopic (exact) mass is 240 g/mol. The van der Waals surface area contributed by atoms with Crippen molar-refractivity contribution in [3.8, 4) is 5.75 Å². The van der Waals surface area contributed by atoms with Crippen LogP contribution in [0.2, 0.25) is 0 Å². The third-order valence-corrected chi connectivity index (χ3v) is 3.03. The summed E-state index contributed by atoms with van der Waals surface area (Å²) < 4.78 is 0. The highest BCUT2D eigenvalue weighted by atomic mass is 16.3. The van der Waals surface area contributed by atoms with Crippen LogP contribution in [0.15, 0.2) is 67.3 Å². The van der Waals surface area contributed by atoms with E-state index in [9.17, 15) is 10.2 Å². The van der Waals surface area contributed by atoms with Crippen LogP contribution < -0.4 is 0 Å². The predicted octanol–water partition coefficient (Wildman–Crippen LogP) is 3.40. The molecule has 0 radical (unpaired) electrons. The zero-order valence-electron chi connectivity index (χ0n) is 10.0. The number of para-hydroxylation sites is 1. The highest BCUT2D eigenvalue weighted by Gasteiger charge is 2.21. The van der Waals surface area contributed by atoms with E-state index in [1.54, 1.807) is 30.3 Å². The van der Waals surface area contributed by atoms with Crippen molar-refractivity contribution in [2.24, 2.45) is 0 Å². The molecule has 2 nitrogen and oxygen atoms in total. The summed E-state index contributed by atoms with van der Waals surface area (Å²) in [5.74, 6) is -0.132. The highest BCUT2D eigenvalue weighted by Crippen LogP contribution is 2.35. The van der Waals surface area contributed by atoms with Crippen molar-refractivity contribution in [2.45, 2.75) is 12.0 Å². The molecule has 92 valence electrons. The van der Waals surface area contributed by atoms with Gasteiger partial charge in [-0.15, -0.1) is 6.58 Å². The molecule has 0 amide bonds. The molecule has 0 aliphatic carbocycles. The minimum absolute atomic E-state index is 0.104. The van der Waals surface area contributed by atoms with E-state index in [1.165, 1.54) is 0 Å². The van der Waals surface area contributed by atoms with Crippen molar-refractivity contribution < 1.29 is 10.2 Å². The Morgan fingerprint density at radius 3 is 2.17 bits per heavy atom. The molecule has 0 aliphatic heterocycles. The molecule has 2 N–H and O–H groups in total. The second-order valence-corrected chi connectivity index (χ2v) is 4.18. The van der Waals surface area contributed by atoms with Gasteiger partial charge in [0.05, 0.1) is 6.10 Å². The number of phenols is 1. The van der Waals surface area contributed by atoms with Crippen molar-refractivity contribution in [1.29, 1.82) is 0 Å². The first kappa shape index (κ1) is 12.4. The van der Waals surface area contributed by atoms with E-state index >= 15 is 0 Å². The smallest absolute Gasteiger partial charge is 0.121 e. The Labute approximate surface area is 107 Å². The maximum Gasteiger partial charge on any atom is 0.121 e. The number of phenolic OH excluding ortho intramolecular Hbond substituents is 1. The van der Waals surface area contributed by atoms with Crippen LogP contribution in [0.4, 0.5) is 0 Å². The van der Waals surface area contributed by atoms with Gasteiger partial charge in [0.15, 0.2) is 0 Å². The van der Waals surface area contributed by atoms with Crippen LogP contribution in [-0.2, 0) is 0 Å². The number of aromatic hydroxyl groups is 1. The Hall–Kier alpha value is -2.06. The van der Waals surface area contributed by atoms with E-state index < -0.39 is 6.10 Å². The van der Waals surface area contributed by atoms with Gasteiger partial charge >= 0.3 is 0 Å². The summed E-state index contributed by atoms with van der Waals surface area (Å²) in [6.07, 6.45) is 0.901. The van der Waals surface area contributed by atoms with Gasteiger partial charge in [0.2, 0.25) is 0 Å². The van der Waals surface area contributed by atoms with Crippen molar-refractivity contribution in [3.05, 3.63) is 78.4 Å².